The lowest BCUT2D eigenvalue weighted by Gasteiger charge is -2.26. The SMILES string of the molecule is Cc1cc2c3n1C(c1ccccc1)=CN(n1c(COC(=O)CCC(=O)NCCN4CCOCC4)nc4ccccc4c1=O)C(=O)C3=CCC2. The lowest BCUT2D eigenvalue weighted by molar-refractivity contribution is -0.146. The molecule has 1 saturated heterocycles. The number of para-hydroxylation sites is 1. The maximum Gasteiger partial charge on any atom is 0.306 e. The van der Waals surface area contributed by atoms with Gasteiger partial charge in [-0.1, -0.05) is 48.5 Å². The number of morpholine rings is 1. The van der Waals surface area contributed by atoms with Crippen LogP contribution in [0, 0.1) is 6.92 Å². The van der Waals surface area contributed by atoms with Gasteiger partial charge in [-0.15, -0.1) is 0 Å². The van der Waals surface area contributed by atoms with E-state index in [0.29, 0.717) is 54.9 Å². The van der Waals surface area contributed by atoms with E-state index in [1.165, 1.54) is 9.69 Å². The fourth-order valence-electron chi connectivity index (χ4n) is 6.66. The molecule has 12 heteroatoms. The summed E-state index contributed by atoms with van der Waals surface area (Å²) in [4.78, 5) is 61.0. The van der Waals surface area contributed by atoms with Gasteiger partial charge in [0.2, 0.25) is 5.91 Å². The number of aromatic nitrogens is 3. The van der Waals surface area contributed by atoms with E-state index in [2.05, 4.69) is 20.9 Å². The number of nitrogens with zero attached hydrogens (tertiary/aromatic N) is 5. The van der Waals surface area contributed by atoms with Crippen molar-refractivity contribution in [3.8, 4) is 0 Å². The van der Waals surface area contributed by atoms with E-state index in [-0.39, 0.29) is 31.2 Å². The Balaban J connectivity index is 1.18. The third kappa shape index (κ3) is 6.57. The molecule has 0 saturated carbocycles. The van der Waals surface area contributed by atoms with E-state index in [9.17, 15) is 19.2 Å². The number of carbonyl (C=O) groups is 3. The Morgan fingerprint density at radius 2 is 1.78 bits per heavy atom. The van der Waals surface area contributed by atoms with Crippen molar-refractivity contribution in [3.63, 3.8) is 0 Å². The van der Waals surface area contributed by atoms with Crippen LogP contribution in [0.3, 0.4) is 0 Å². The van der Waals surface area contributed by atoms with E-state index in [1.54, 1.807) is 30.5 Å². The fraction of sp³-hybridized carbons (Fsp3) is 0.324. The van der Waals surface area contributed by atoms with Gasteiger partial charge in [0, 0.05) is 43.9 Å². The Kier molecular flexibility index (Phi) is 9.23. The predicted octanol–water partition coefficient (Wildman–Crippen LogP) is 3.13. The number of allylic oxidation sites excluding steroid dienone is 1. The van der Waals surface area contributed by atoms with Crippen molar-refractivity contribution in [2.45, 2.75) is 39.2 Å². The lowest BCUT2D eigenvalue weighted by Crippen LogP contribution is -2.45. The first-order valence-electron chi connectivity index (χ1n) is 16.7. The Morgan fingerprint density at radius 1 is 1.00 bits per heavy atom. The number of hydrogen-bond acceptors (Lipinski definition) is 8. The smallest absolute Gasteiger partial charge is 0.306 e. The minimum Gasteiger partial charge on any atom is -0.457 e. The van der Waals surface area contributed by atoms with E-state index < -0.39 is 17.4 Å². The minimum atomic E-state index is -0.619. The number of rotatable bonds is 10. The molecule has 1 N–H and O–H groups in total. The first-order valence-corrected chi connectivity index (χ1v) is 16.7. The largest absolute Gasteiger partial charge is 0.457 e. The van der Waals surface area contributed by atoms with Gasteiger partial charge in [0.1, 0.15) is 0 Å². The highest BCUT2D eigenvalue weighted by molar-refractivity contribution is 6.26. The Bertz CT molecular complexity index is 2040. The van der Waals surface area contributed by atoms with Crippen molar-refractivity contribution in [1.82, 2.24) is 24.4 Å². The number of amides is 2. The Labute approximate surface area is 283 Å². The van der Waals surface area contributed by atoms with Crippen LogP contribution in [-0.2, 0) is 36.9 Å². The van der Waals surface area contributed by atoms with Crippen molar-refractivity contribution >= 4 is 40.0 Å². The van der Waals surface area contributed by atoms with Crippen LogP contribution in [-0.4, -0.2) is 76.3 Å². The zero-order chi connectivity index (χ0) is 33.9. The van der Waals surface area contributed by atoms with Crippen molar-refractivity contribution in [2.24, 2.45) is 0 Å². The van der Waals surface area contributed by atoms with Crippen molar-refractivity contribution < 1.29 is 23.9 Å². The normalized spacial score (nSPS) is 16.1. The van der Waals surface area contributed by atoms with Gasteiger partial charge in [-0.3, -0.25) is 24.1 Å². The van der Waals surface area contributed by atoms with Crippen LogP contribution < -0.4 is 15.9 Å². The predicted molar refractivity (Wildman–Crippen MR) is 184 cm³/mol. The molecule has 7 rings (SSSR count). The summed E-state index contributed by atoms with van der Waals surface area (Å²) in [5, 5.41) is 4.46. The molecule has 0 radical (unpaired) electrons. The number of carbonyl (C=O) groups excluding carboxylic acids is 3. The molecule has 1 fully saturated rings. The first-order chi connectivity index (χ1) is 23.9. The number of hydrogen-bond donors (Lipinski definition) is 1. The van der Waals surface area contributed by atoms with Crippen LogP contribution in [0.4, 0.5) is 0 Å². The molecular formula is C37H38N6O6. The van der Waals surface area contributed by atoms with Gasteiger partial charge in [0.05, 0.1) is 53.7 Å². The summed E-state index contributed by atoms with van der Waals surface area (Å²) in [6.45, 7) is 5.83. The summed E-state index contributed by atoms with van der Waals surface area (Å²) in [6, 6.07) is 18.7. The topological polar surface area (TPSA) is 128 Å². The van der Waals surface area contributed by atoms with Gasteiger partial charge in [-0.25, -0.2) is 9.99 Å². The zero-order valence-corrected chi connectivity index (χ0v) is 27.4. The molecule has 0 spiro atoms. The van der Waals surface area contributed by atoms with Gasteiger partial charge in [-0.2, -0.15) is 4.68 Å². The van der Waals surface area contributed by atoms with Crippen molar-refractivity contribution in [3.05, 3.63) is 112 Å². The lowest BCUT2D eigenvalue weighted by atomic mass is 9.96. The van der Waals surface area contributed by atoms with Crippen LogP contribution >= 0.6 is 0 Å². The molecule has 2 amide bonds. The summed E-state index contributed by atoms with van der Waals surface area (Å²) < 4.78 is 14.2. The quantitative estimate of drug-likeness (QED) is 0.257. The fourth-order valence-corrected chi connectivity index (χ4v) is 6.66. The molecular weight excluding hydrogens is 624 g/mol. The van der Waals surface area contributed by atoms with E-state index in [4.69, 9.17) is 14.5 Å². The number of ether oxygens (including phenoxy) is 2. The van der Waals surface area contributed by atoms with Gasteiger partial charge in [0.15, 0.2) is 12.4 Å². The van der Waals surface area contributed by atoms with Gasteiger partial charge in [-0.05, 0) is 43.5 Å². The molecule has 49 heavy (non-hydrogen) atoms. The van der Waals surface area contributed by atoms with Gasteiger partial charge in [0.25, 0.3) is 11.5 Å². The molecule has 252 valence electrons. The van der Waals surface area contributed by atoms with Crippen molar-refractivity contribution in [2.75, 3.05) is 44.4 Å². The highest BCUT2D eigenvalue weighted by atomic mass is 16.5. The van der Waals surface area contributed by atoms with Gasteiger partial charge < -0.3 is 19.4 Å². The van der Waals surface area contributed by atoms with Crippen LogP contribution in [0.1, 0.15) is 47.6 Å². The second kappa shape index (κ2) is 14.0. The molecule has 2 aliphatic heterocycles. The number of nitrogens with one attached hydrogen (secondary N) is 1. The highest BCUT2D eigenvalue weighted by Crippen LogP contribution is 2.37. The Morgan fingerprint density at radius 3 is 2.59 bits per heavy atom. The van der Waals surface area contributed by atoms with E-state index >= 15 is 0 Å². The van der Waals surface area contributed by atoms with Crippen molar-refractivity contribution in [1.29, 1.82) is 0 Å². The molecule has 4 heterocycles. The molecule has 1 aliphatic carbocycles. The highest BCUT2D eigenvalue weighted by Gasteiger charge is 2.34. The summed E-state index contributed by atoms with van der Waals surface area (Å²) in [7, 11) is 0. The molecule has 12 nitrogen and oxygen atoms in total. The summed E-state index contributed by atoms with van der Waals surface area (Å²) >= 11 is 0. The number of esters is 1. The first kappa shape index (κ1) is 32.2. The van der Waals surface area contributed by atoms with Gasteiger partial charge >= 0.3 is 5.97 Å². The van der Waals surface area contributed by atoms with Crippen LogP contribution in [0.15, 0.2) is 77.7 Å². The maximum absolute atomic E-state index is 14.5. The minimum absolute atomic E-state index is 0.0397. The molecule has 2 aromatic heterocycles. The Hall–Kier alpha value is -5.33. The second-order valence-corrected chi connectivity index (χ2v) is 12.3. The summed E-state index contributed by atoms with van der Waals surface area (Å²) in [5.74, 6) is -1.19. The standard InChI is InChI=1S/C37H38N6O6/c1-25-22-27-10-7-12-29-35(27)42(25)31(26-8-3-2-4-9-26)23-41(36(29)46)43-32(39-30-13-6-5-11-28(30)37(43)47)24-49-34(45)15-14-33(44)38-16-17-40-18-20-48-21-19-40/h2-6,8-9,11-13,22-23H,7,10,14-21,24H2,1H3,(H,38,44). The number of aryl methyl sites for hydroxylation is 2. The molecule has 0 unspecified atom stereocenters. The van der Waals surface area contributed by atoms with Crippen LogP contribution in [0.2, 0.25) is 0 Å². The molecule has 0 atom stereocenters. The van der Waals surface area contributed by atoms with Crippen LogP contribution in [0.5, 0.6) is 0 Å². The molecule has 3 aliphatic rings. The maximum atomic E-state index is 14.5. The summed E-state index contributed by atoms with van der Waals surface area (Å²) in [5.41, 5.74) is 4.82. The molecule has 2 aromatic carbocycles. The average molecular weight is 663 g/mol. The number of benzene rings is 2. The molecule has 0 bridgehead atoms. The number of fused-ring (bicyclic) bond motifs is 1. The zero-order valence-electron chi connectivity index (χ0n) is 27.4. The van der Waals surface area contributed by atoms with Crippen LogP contribution in [0.25, 0.3) is 22.2 Å². The average Bonchev–Trinajstić information content (AvgIpc) is 3.40. The third-order valence-electron chi connectivity index (χ3n) is 9.08. The summed E-state index contributed by atoms with van der Waals surface area (Å²) in [6.07, 6.45) is 4.87. The molecule has 4 aromatic rings. The van der Waals surface area contributed by atoms with E-state index in [0.717, 1.165) is 42.0 Å². The monoisotopic (exact) mass is 662 g/mol. The van der Waals surface area contributed by atoms with E-state index in [1.807, 2.05) is 43.3 Å². The second-order valence-electron chi connectivity index (χ2n) is 12.3. The third-order valence-corrected chi connectivity index (χ3v) is 9.08.